The molecule has 92 valence electrons. The maximum Gasteiger partial charge on any atom is 0.118 e. The molecule has 4 heteroatoms. The standard InChI is InChI=1S/C13H19N3O/c1-15-7-9-16(10-8-15)14-11-12-3-5-13(17-2)6-4-12/h3-6,11H,7-10H2,1-2H3/b14-11+. The van der Waals surface area contributed by atoms with Gasteiger partial charge in [-0.1, -0.05) is 0 Å². The van der Waals surface area contributed by atoms with Gasteiger partial charge in [0.15, 0.2) is 0 Å². The second-order valence-electron chi connectivity index (χ2n) is 4.27. The number of hydrogen-bond donors (Lipinski definition) is 0. The lowest BCUT2D eigenvalue weighted by atomic mass is 10.2. The molecule has 0 bridgehead atoms. The van der Waals surface area contributed by atoms with Gasteiger partial charge >= 0.3 is 0 Å². The molecule has 1 aromatic rings. The van der Waals surface area contributed by atoms with Crippen molar-refractivity contribution in [2.24, 2.45) is 5.10 Å². The van der Waals surface area contributed by atoms with Crippen molar-refractivity contribution in [1.82, 2.24) is 9.91 Å². The monoisotopic (exact) mass is 233 g/mol. The minimum Gasteiger partial charge on any atom is -0.497 e. The lowest BCUT2D eigenvalue weighted by molar-refractivity contribution is 0.159. The summed E-state index contributed by atoms with van der Waals surface area (Å²) in [5.41, 5.74) is 1.10. The fourth-order valence-electron chi connectivity index (χ4n) is 1.75. The first-order valence-electron chi connectivity index (χ1n) is 5.89. The largest absolute Gasteiger partial charge is 0.497 e. The third-order valence-electron chi connectivity index (χ3n) is 2.97. The van der Waals surface area contributed by atoms with E-state index >= 15 is 0 Å². The van der Waals surface area contributed by atoms with Crippen LogP contribution in [0.25, 0.3) is 0 Å². The van der Waals surface area contributed by atoms with Crippen molar-refractivity contribution in [2.75, 3.05) is 40.3 Å². The van der Waals surface area contributed by atoms with Gasteiger partial charge in [0.1, 0.15) is 5.75 Å². The molecular formula is C13H19N3O. The van der Waals surface area contributed by atoms with Crippen LogP contribution in [0, 0.1) is 0 Å². The average Bonchev–Trinajstić information content (AvgIpc) is 2.39. The summed E-state index contributed by atoms with van der Waals surface area (Å²) in [6.45, 7) is 4.17. The molecule has 4 nitrogen and oxygen atoms in total. The Morgan fingerprint density at radius 1 is 1.12 bits per heavy atom. The summed E-state index contributed by atoms with van der Waals surface area (Å²) in [5, 5.41) is 6.60. The highest BCUT2D eigenvalue weighted by Crippen LogP contribution is 2.10. The Morgan fingerprint density at radius 3 is 2.35 bits per heavy atom. The second-order valence-corrected chi connectivity index (χ2v) is 4.27. The first-order valence-corrected chi connectivity index (χ1v) is 5.89. The van der Waals surface area contributed by atoms with Gasteiger partial charge in [-0.15, -0.1) is 0 Å². The van der Waals surface area contributed by atoms with Crippen LogP contribution in [0.3, 0.4) is 0 Å². The maximum atomic E-state index is 5.12. The van der Waals surface area contributed by atoms with Crippen molar-refractivity contribution in [1.29, 1.82) is 0 Å². The summed E-state index contributed by atoms with van der Waals surface area (Å²) in [6, 6.07) is 7.92. The van der Waals surface area contributed by atoms with E-state index in [1.165, 1.54) is 0 Å². The Kier molecular flexibility index (Phi) is 3.98. The number of piperazine rings is 1. The van der Waals surface area contributed by atoms with Gasteiger partial charge in [-0.2, -0.15) is 5.10 Å². The molecule has 0 atom stereocenters. The second kappa shape index (κ2) is 5.68. The predicted octanol–water partition coefficient (Wildman–Crippen LogP) is 1.28. The molecule has 0 aromatic heterocycles. The Labute approximate surface area is 102 Å². The van der Waals surface area contributed by atoms with E-state index in [9.17, 15) is 0 Å². The van der Waals surface area contributed by atoms with Gasteiger partial charge in [0.05, 0.1) is 13.3 Å². The zero-order valence-electron chi connectivity index (χ0n) is 10.5. The summed E-state index contributed by atoms with van der Waals surface area (Å²) < 4.78 is 5.12. The van der Waals surface area contributed by atoms with Crippen LogP contribution in [-0.4, -0.2) is 56.5 Å². The van der Waals surface area contributed by atoms with Crippen molar-refractivity contribution in [3.63, 3.8) is 0 Å². The van der Waals surface area contributed by atoms with Crippen molar-refractivity contribution >= 4 is 6.21 Å². The molecule has 1 saturated heterocycles. The zero-order chi connectivity index (χ0) is 12.1. The van der Waals surface area contributed by atoms with Crippen LogP contribution in [0.1, 0.15) is 5.56 Å². The summed E-state index contributed by atoms with van der Waals surface area (Å²) in [7, 11) is 3.82. The minimum absolute atomic E-state index is 0.877. The first-order chi connectivity index (χ1) is 8.28. The number of hydrogen-bond acceptors (Lipinski definition) is 4. The quantitative estimate of drug-likeness (QED) is 0.736. The van der Waals surface area contributed by atoms with E-state index in [1.807, 2.05) is 30.5 Å². The molecule has 0 radical (unpaired) electrons. The summed E-state index contributed by atoms with van der Waals surface area (Å²) >= 11 is 0. The van der Waals surface area contributed by atoms with Crippen LogP contribution in [0.2, 0.25) is 0 Å². The molecule has 2 rings (SSSR count). The van der Waals surface area contributed by atoms with Crippen LogP contribution in [0.5, 0.6) is 5.75 Å². The molecule has 0 amide bonds. The van der Waals surface area contributed by atoms with Gasteiger partial charge < -0.3 is 9.64 Å². The van der Waals surface area contributed by atoms with Crippen molar-refractivity contribution in [2.45, 2.75) is 0 Å². The molecule has 17 heavy (non-hydrogen) atoms. The fraction of sp³-hybridized carbons (Fsp3) is 0.462. The molecule has 0 N–H and O–H groups in total. The van der Waals surface area contributed by atoms with E-state index in [4.69, 9.17) is 4.74 Å². The molecule has 1 heterocycles. The Bertz CT molecular complexity index is 367. The van der Waals surface area contributed by atoms with Gasteiger partial charge in [0.25, 0.3) is 0 Å². The summed E-state index contributed by atoms with van der Waals surface area (Å²) in [4.78, 5) is 2.32. The molecule has 0 spiro atoms. The van der Waals surface area contributed by atoms with Crippen LogP contribution >= 0.6 is 0 Å². The third-order valence-corrected chi connectivity index (χ3v) is 2.97. The molecule has 1 aromatic carbocycles. The van der Waals surface area contributed by atoms with Crippen molar-refractivity contribution < 1.29 is 4.74 Å². The lowest BCUT2D eigenvalue weighted by Gasteiger charge is -2.30. The smallest absolute Gasteiger partial charge is 0.118 e. The molecule has 1 aliphatic heterocycles. The Balaban J connectivity index is 1.90. The highest BCUT2D eigenvalue weighted by atomic mass is 16.5. The number of hydrazone groups is 1. The van der Waals surface area contributed by atoms with E-state index in [2.05, 4.69) is 22.1 Å². The zero-order valence-corrected chi connectivity index (χ0v) is 10.5. The number of rotatable bonds is 3. The van der Waals surface area contributed by atoms with Crippen molar-refractivity contribution in [3.05, 3.63) is 29.8 Å². The highest BCUT2D eigenvalue weighted by Gasteiger charge is 2.10. The first kappa shape index (κ1) is 11.9. The SMILES string of the molecule is COc1ccc(/C=N/N2CCN(C)CC2)cc1. The lowest BCUT2D eigenvalue weighted by Crippen LogP contribution is -2.41. The maximum absolute atomic E-state index is 5.12. The minimum atomic E-state index is 0.877. The number of ether oxygens (including phenoxy) is 1. The molecule has 1 aliphatic rings. The van der Waals surface area contributed by atoms with Gasteiger partial charge in [-0.25, -0.2) is 0 Å². The van der Waals surface area contributed by atoms with Gasteiger partial charge in [0.2, 0.25) is 0 Å². The summed E-state index contributed by atoms with van der Waals surface area (Å²) in [6.07, 6.45) is 1.91. The third kappa shape index (κ3) is 3.46. The predicted molar refractivity (Wildman–Crippen MR) is 69.7 cm³/mol. The molecule has 0 saturated carbocycles. The average molecular weight is 233 g/mol. The van der Waals surface area contributed by atoms with Gasteiger partial charge in [0, 0.05) is 26.2 Å². The molecule has 1 fully saturated rings. The van der Waals surface area contributed by atoms with E-state index in [0.717, 1.165) is 37.5 Å². The number of likely N-dealkylation sites (N-methyl/N-ethyl adjacent to an activating group) is 1. The number of benzene rings is 1. The van der Waals surface area contributed by atoms with Gasteiger partial charge in [-0.3, -0.25) is 5.01 Å². The molecule has 0 unspecified atom stereocenters. The van der Waals surface area contributed by atoms with E-state index in [-0.39, 0.29) is 0 Å². The molecule has 0 aliphatic carbocycles. The Morgan fingerprint density at radius 2 is 1.76 bits per heavy atom. The van der Waals surface area contributed by atoms with E-state index in [0.29, 0.717) is 0 Å². The van der Waals surface area contributed by atoms with Gasteiger partial charge in [-0.05, 0) is 36.9 Å². The number of methoxy groups -OCH3 is 1. The number of nitrogens with zero attached hydrogens (tertiary/aromatic N) is 3. The summed E-state index contributed by atoms with van der Waals surface area (Å²) in [5.74, 6) is 0.877. The fourth-order valence-corrected chi connectivity index (χ4v) is 1.75. The topological polar surface area (TPSA) is 28.1 Å². The van der Waals surface area contributed by atoms with Crippen LogP contribution < -0.4 is 4.74 Å². The van der Waals surface area contributed by atoms with Crippen LogP contribution in [0.15, 0.2) is 29.4 Å². The van der Waals surface area contributed by atoms with Crippen molar-refractivity contribution in [3.8, 4) is 5.75 Å². The van der Waals surface area contributed by atoms with Crippen LogP contribution in [0.4, 0.5) is 0 Å². The Hall–Kier alpha value is -1.55. The van der Waals surface area contributed by atoms with E-state index < -0.39 is 0 Å². The highest BCUT2D eigenvalue weighted by molar-refractivity contribution is 5.79. The van der Waals surface area contributed by atoms with E-state index in [1.54, 1.807) is 7.11 Å². The van der Waals surface area contributed by atoms with Crippen LogP contribution in [-0.2, 0) is 0 Å². The normalized spacial score (nSPS) is 17.6. The molecular weight excluding hydrogens is 214 g/mol.